The fourth-order valence-electron chi connectivity index (χ4n) is 1.58. The Morgan fingerprint density at radius 3 is 2.48 bits per heavy atom. The number of esters is 1. The van der Waals surface area contributed by atoms with E-state index in [9.17, 15) is 14.4 Å². The number of benzene rings is 1. The molecular formula is C14H18N2O5. The van der Waals surface area contributed by atoms with Gasteiger partial charge in [-0.3, -0.25) is 4.79 Å². The predicted octanol–water partition coefficient (Wildman–Crippen LogP) is 0.720. The van der Waals surface area contributed by atoms with Gasteiger partial charge in [-0.05, 0) is 12.0 Å². The molecule has 0 aliphatic rings. The van der Waals surface area contributed by atoms with E-state index < -0.39 is 24.0 Å². The molecule has 1 aromatic carbocycles. The molecular weight excluding hydrogens is 276 g/mol. The van der Waals surface area contributed by atoms with Gasteiger partial charge >= 0.3 is 12.1 Å². The van der Waals surface area contributed by atoms with Crippen LogP contribution in [-0.2, 0) is 25.7 Å². The van der Waals surface area contributed by atoms with Gasteiger partial charge in [0.25, 0.3) is 0 Å². The van der Waals surface area contributed by atoms with Gasteiger partial charge in [-0.1, -0.05) is 30.3 Å². The lowest BCUT2D eigenvalue weighted by Crippen LogP contribution is -2.42. The summed E-state index contributed by atoms with van der Waals surface area (Å²) in [4.78, 5) is 33.9. The summed E-state index contributed by atoms with van der Waals surface area (Å²) >= 11 is 0. The third kappa shape index (κ3) is 6.42. The monoisotopic (exact) mass is 294 g/mol. The van der Waals surface area contributed by atoms with E-state index in [1.165, 1.54) is 7.11 Å². The molecule has 0 fully saturated rings. The maximum atomic E-state index is 11.6. The van der Waals surface area contributed by atoms with E-state index in [0.29, 0.717) is 0 Å². The van der Waals surface area contributed by atoms with Crippen molar-refractivity contribution in [2.24, 2.45) is 5.73 Å². The summed E-state index contributed by atoms with van der Waals surface area (Å²) in [6.45, 7) is 0.0797. The summed E-state index contributed by atoms with van der Waals surface area (Å²) in [7, 11) is 1.19. The highest BCUT2D eigenvalue weighted by Crippen LogP contribution is 2.03. The highest BCUT2D eigenvalue weighted by atomic mass is 16.6. The number of methoxy groups -OCH3 is 1. The van der Waals surface area contributed by atoms with Gasteiger partial charge in [-0.2, -0.15) is 0 Å². The van der Waals surface area contributed by atoms with Crippen LogP contribution in [-0.4, -0.2) is 31.1 Å². The summed E-state index contributed by atoms with van der Waals surface area (Å²) in [5.74, 6) is -1.23. The number of rotatable bonds is 7. The molecule has 114 valence electrons. The molecule has 7 nitrogen and oxygen atoms in total. The van der Waals surface area contributed by atoms with Crippen LogP contribution in [0.2, 0.25) is 0 Å². The molecule has 0 bridgehead atoms. The Kier molecular flexibility index (Phi) is 6.73. The quantitative estimate of drug-likeness (QED) is 0.720. The Bertz CT molecular complexity index is 489. The molecule has 0 aliphatic heterocycles. The molecule has 0 saturated carbocycles. The minimum absolute atomic E-state index is 0.0429. The normalized spacial score (nSPS) is 11.3. The van der Waals surface area contributed by atoms with Crippen molar-refractivity contribution in [3.05, 3.63) is 35.9 Å². The van der Waals surface area contributed by atoms with Gasteiger partial charge < -0.3 is 20.5 Å². The molecule has 1 atom stereocenters. The van der Waals surface area contributed by atoms with Crippen molar-refractivity contribution in [2.75, 3.05) is 7.11 Å². The van der Waals surface area contributed by atoms with Crippen LogP contribution in [0.15, 0.2) is 30.3 Å². The van der Waals surface area contributed by atoms with Crippen LogP contribution in [0.3, 0.4) is 0 Å². The van der Waals surface area contributed by atoms with Gasteiger partial charge in [-0.15, -0.1) is 0 Å². The van der Waals surface area contributed by atoms with E-state index in [2.05, 4.69) is 10.1 Å². The van der Waals surface area contributed by atoms with Crippen molar-refractivity contribution in [2.45, 2.75) is 25.5 Å². The van der Waals surface area contributed by atoms with Crippen molar-refractivity contribution in [3.63, 3.8) is 0 Å². The second-order valence-corrected chi connectivity index (χ2v) is 4.29. The van der Waals surface area contributed by atoms with Crippen LogP contribution in [0, 0.1) is 0 Å². The Morgan fingerprint density at radius 1 is 1.24 bits per heavy atom. The molecule has 7 heteroatoms. The third-order valence-electron chi connectivity index (χ3n) is 2.67. The van der Waals surface area contributed by atoms with Gasteiger partial charge in [0.1, 0.15) is 12.6 Å². The topological polar surface area (TPSA) is 108 Å². The van der Waals surface area contributed by atoms with Gasteiger partial charge in [0.15, 0.2) is 0 Å². The molecule has 0 saturated heterocycles. The Hall–Kier alpha value is -2.57. The van der Waals surface area contributed by atoms with Gasteiger partial charge in [0.2, 0.25) is 5.91 Å². The number of nitrogens with two attached hydrogens (primary N) is 1. The van der Waals surface area contributed by atoms with E-state index in [-0.39, 0.29) is 19.4 Å². The van der Waals surface area contributed by atoms with Crippen LogP contribution in [0.4, 0.5) is 4.79 Å². The first-order valence-corrected chi connectivity index (χ1v) is 6.36. The van der Waals surface area contributed by atoms with Crippen LogP contribution in [0.25, 0.3) is 0 Å². The molecule has 0 unspecified atom stereocenters. The number of amides is 2. The molecule has 2 amide bonds. The fraction of sp³-hybridized carbons (Fsp3) is 0.357. The van der Waals surface area contributed by atoms with Gasteiger partial charge in [0, 0.05) is 6.42 Å². The number of ether oxygens (including phenoxy) is 2. The first-order valence-electron chi connectivity index (χ1n) is 6.36. The Balaban J connectivity index is 2.47. The lowest BCUT2D eigenvalue weighted by atomic mass is 10.1. The van der Waals surface area contributed by atoms with E-state index in [4.69, 9.17) is 10.5 Å². The van der Waals surface area contributed by atoms with Crippen LogP contribution < -0.4 is 11.1 Å². The molecule has 0 heterocycles. The largest absolute Gasteiger partial charge is 0.467 e. The maximum absolute atomic E-state index is 11.6. The first-order chi connectivity index (χ1) is 10.0. The van der Waals surface area contributed by atoms with Crippen LogP contribution >= 0.6 is 0 Å². The average Bonchev–Trinajstić information content (AvgIpc) is 2.49. The highest BCUT2D eigenvalue weighted by Gasteiger charge is 2.22. The second kappa shape index (κ2) is 8.57. The minimum atomic E-state index is -0.967. The number of hydrogen-bond donors (Lipinski definition) is 2. The van der Waals surface area contributed by atoms with Crippen molar-refractivity contribution in [1.82, 2.24) is 5.32 Å². The van der Waals surface area contributed by atoms with Crippen molar-refractivity contribution < 1.29 is 23.9 Å². The summed E-state index contributed by atoms with van der Waals surface area (Å²) in [6, 6.07) is 8.13. The zero-order valence-electron chi connectivity index (χ0n) is 11.7. The number of nitrogens with one attached hydrogen (secondary N) is 1. The van der Waals surface area contributed by atoms with Crippen LogP contribution in [0.1, 0.15) is 18.4 Å². The van der Waals surface area contributed by atoms with E-state index in [1.54, 1.807) is 12.1 Å². The van der Waals surface area contributed by atoms with Gasteiger partial charge in [0.05, 0.1) is 7.11 Å². The number of alkyl carbamates (subject to hydrolysis) is 1. The summed E-state index contributed by atoms with van der Waals surface area (Å²) < 4.78 is 9.53. The Labute approximate surface area is 122 Å². The van der Waals surface area contributed by atoms with E-state index in [1.807, 2.05) is 18.2 Å². The molecule has 0 aliphatic carbocycles. The highest BCUT2D eigenvalue weighted by molar-refractivity contribution is 5.82. The lowest BCUT2D eigenvalue weighted by molar-refractivity contribution is -0.143. The summed E-state index contributed by atoms with van der Waals surface area (Å²) in [5, 5.41) is 2.35. The maximum Gasteiger partial charge on any atom is 0.408 e. The van der Waals surface area contributed by atoms with Crippen molar-refractivity contribution in [3.8, 4) is 0 Å². The molecule has 1 rings (SSSR count). The number of carbonyl (C=O) groups excluding carboxylic acids is 3. The third-order valence-corrected chi connectivity index (χ3v) is 2.67. The molecule has 0 aromatic heterocycles. The fourth-order valence-corrected chi connectivity index (χ4v) is 1.58. The first kappa shape index (κ1) is 16.5. The SMILES string of the molecule is COC(=O)[C@@H](CCC(N)=O)NC(=O)OCc1ccccc1. The zero-order chi connectivity index (χ0) is 15.7. The number of hydrogen-bond acceptors (Lipinski definition) is 5. The van der Waals surface area contributed by atoms with Crippen molar-refractivity contribution >= 4 is 18.0 Å². The van der Waals surface area contributed by atoms with Gasteiger partial charge in [-0.25, -0.2) is 9.59 Å². The smallest absolute Gasteiger partial charge is 0.408 e. The lowest BCUT2D eigenvalue weighted by Gasteiger charge is -2.15. The zero-order valence-corrected chi connectivity index (χ0v) is 11.7. The predicted molar refractivity (Wildman–Crippen MR) is 74.0 cm³/mol. The molecule has 1 aromatic rings. The Morgan fingerprint density at radius 2 is 1.90 bits per heavy atom. The van der Waals surface area contributed by atoms with Crippen molar-refractivity contribution in [1.29, 1.82) is 0 Å². The van der Waals surface area contributed by atoms with E-state index in [0.717, 1.165) is 5.56 Å². The minimum Gasteiger partial charge on any atom is -0.467 e. The molecule has 21 heavy (non-hydrogen) atoms. The van der Waals surface area contributed by atoms with E-state index >= 15 is 0 Å². The summed E-state index contributed by atoms with van der Waals surface area (Å²) in [6.07, 6.45) is -0.750. The molecule has 3 N–H and O–H groups in total. The average molecular weight is 294 g/mol. The number of primary amides is 1. The number of carbonyl (C=O) groups is 3. The summed E-state index contributed by atoms with van der Waals surface area (Å²) in [5.41, 5.74) is 5.83. The molecule has 0 spiro atoms. The van der Waals surface area contributed by atoms with Crippen LogP contribution in [0.5, 0.6) is 0 Å². The standard InChI is InChI=1S/C14H18N2O5/c1-20-13(18)11(7-8-12(15)17)16-14(19)21-9-10-5-3-2-4-6-10/h2-6,11H,7-9H2,1H3,(H2,15,17)(H,16,19)/t11-/m1/s1. The molecule has 0 radical (unpaired) electrons. The second-order valence-electron chi connectivity index (χ2n) is 4.29.